The first kappa shape index (κ1) is 11.3. The Balaban J connectivity index is 1.61. The molecule has 3 rings (SSSR count). The normalized spacial score (nSPS) is 23.7. The van der Waals surface area contributed by atoms with E-state index in [4.69, 9.17) is 4.98 Å². The van der Waals surface area contributed by atoms with Crippen molar-refractivity contribution < 1.29 is 0 Å². The van der Waals surface area contributed by atoms with E-state index in [9.17, 15) is 0 Å². The van der Waals surface area contributed by atoms with Gasteiger partial charge in [-0.3, -0.25) is 0 Å². The summed E-state index contributed by atoms with van der Waals surface area (Å²) in [6.45, 7) is 3.21. The van der Waals surface area contributed by atoms with Crippen LogP contribution in [0.1, 0.15) is 56.2 Å². The van der Waals surface area contributed by atoms with Crippen molar-refractivity contribution in [3.8, 4) is 0 Å². The van der Waals surface area contributed by atoms with Gasteiger partial charge >= 0.3 is 0 Å². The molecule has 2 aliphatic rings. The summed E-state index contributed by atoms with van der Waals surface area (Å²) in [7, 11) is 0. The first-order chi connectivity index (χ1) is 8.35. The molecule has 1 atom stereocenters. The number of fused-ring (bicyclic) bond motifs is 1. The van der Waals surface area contributed by atoms with Gasteiger partial charge in [-0.15, -0.1) is 0 Å². The molecule has 0 aliphatic heterocycles. The SMILES string of the molecule is CCCC1CCc2nc(CNC3CC3)[nH]c2C1. The molecule has 17 heavy (non-hydrogen) atoms. The predicted molar refractivity (Wildman–Crippen MR) is 68.9 cm³/mol. The molecule has 3 nitrogen and oxygen atoms in total. The lowest BCUT2D eigenvalue weighted by Gasteiger charge is -2.20. The van der Waals surface area contributed by atoms with Crippen LogP contribution in [0, 0.1) is 5.92 Å². The number of rotatable bonds is 5. The van der Waals surface area contributed by atoms with Crippen LogP contribution < -0.4 is 5.32 Å². The van der Waals surface area contributed by atoms with Gasteiger partial charge < -0.3 is 10.3 Å². The van der Waals surface area contributed by atoms with Crippen LogP contribution in [-0.2, 0) is 19.4 Å². The van der Waals surface area contributed by atoms with Gasteiger partial charge in [-0.25, -0.2) is 4.98 Å². The van der Waals surface area contributed by atoms with Crippen LogP contribution in [0.25, 0.3) is 0 Å². The molecule has 1 fully saturated rings. The van der Waals surface area contributed by atoms with E-state index in [1.807, 2.05) is 0 Å². The molecular formula is C14H23N3. The second-order valence-electron chi connectivity index (χ2n) is 5.66. The van der Waals surface area contributed by atoms with E-state index >= 15 is 0 Å². The molecule has 2 N–H and O–H groups in total. The lowest BCUT2D eigenvalue weighted by atomic mass is 9.87. The van der Waals surface area contributed by atoms with Gasteiger partial charge in [-0.2, -0.15) is 0 Å². The number of nitrogens with zero attached hydrogens (tertiary/aromatic N) is 1. The summed E-state index contributed by atoms with van der Waals surface area (Å²) in [5, 5.41) is 3.52. The monoisotopic (exact) mass is 233 g/mol. The summed E-state index contributed by atoms with van der Waals surface area (Å²) >= 11 is 0. The second-order valence-corrected chi connectivity index (χ2v) is 5.66. The van der Waals surface area contributed by atoms with Crippen molar-refractivity contribution in [3.05, 3.63) is 17.2 Å². The molecule has 94 valence electrons. The fraction of sp³-hybridized carbons (Fsp3) is 0.786. The average Bonchev–Trinajstić information content (AvgIpc) is 3.06. The summed E-state index contributed by atoms with van der Waals surface area (Å²) in [6.07, 6.45) is 9.11. The fourth-order valence-electron chi connectivity index (χ4n) is 2.88. The second kappa shape index (κ2) is 4.81. The molecule has 1 aromatic heterocycles. The van der Waals surface area contributed by atoms with Crippen LogP contribution in [-0.4, -0.2) is 16.0 Å². The molecule has 0 spiro atoms. The Hall–Kier alpha value is -0.830. The molecule has 0 saturated heterocycles. The van der Waals surface area contributed by atoms with Crippen LogP contribution in [0.4, 0.5) is 0 Å². The molecule has 1 saturated carbocycles. The van der Waals surface area contributed by atoms with Gasteiger partial charge in [0.05, 0.1) is 12.2 Å². The van der Waals surface area contributed by atoms with Gasteiger partial charge in [0.2, 0.25) is 0 Å². The molecule has 0 aromatic carbocycles. The van der Waals surface area contributed by atoms with Crippen LogP contribution in [0.15, 0.2) is 0 Å². The van der Waals surface area contributed by atoms with Gasteiger partial charge in [-0.1, -0.05) is 19.8 Å². The summed E-state index contributed by atoms with van der Waals surface area (Å²) < 4.78 is 0. The summed E-state index contributed by atoms with van der Waals surface area (Å²) in [6, 6.07) is 0.768. The number of aryl methyl sites for hydroxylation is 1. The quantitative estimate of drug-likeness (QED) is 0.820. The fourth-order valence-corrected chi connectivity index (χ4v) is 2.88. The van der Waals surface area contributed by atoms with E-state index in [0.717, 1.165) is 24.3 Å². The largest absolute Gasteiger partial charge is 0.345 e. The zero-order valence-electron chi connectivity index (χ0n) is 10.8. The smallest absolute Gasteiger partial charge is 0.120 e. The first-order valence-corrected chi connectivity index (χ1v) is 7.15. The average molecular weight is 233 g/mol. The standard InChI is InChI=1S/C14H23N3/c1-2-3-10-4-7-12-13(8-10)17-14(16-12)9-15-11-5-6-11/h10-11,15H,2-9H2,1H3,(H,16,17). The number of nitrogens with one attached hydrogen (secondary N) is 2. The van der Waals surface area contributed by atoms with Gasteiger partial charge in [0.25, 0.3) is 0 Å². The number of aromatic amines is 1. The Bertz CT molecular complexity index is 379. The Morgan fingerprint density at radius 2 is 2.24 bits per heavy atom. The predicted octanol–water partition coefficient (Wildman–Crippen LogP) is 2.57. The lowest BCUT2D eigenvalue weighted by Crippen LogP contribution is -2.16. The van der Waals surface area contributed by atoms with Crippen LogP contribution in [0.2, 0.25) is 0 Å². The highest BCUT2D eigenvalue weighted by Crippen LogP contribution is 2.27. The molecule has 1 heterocycles. The molecular weight excluding hydrogens is 210 g/mol. The molecule has 2 aliphatic carbocycles. The Morgan fingerprint density at radius 1 is 1.35 bits per heavy atom. The van der Waals surface area contributed by atoms with Crippen molar-refractivity contribution in [1.29, 1.82) is 0 Å². The highest BCUT2D eigenvalue weighted by atomic mass is 15.0. The minimum Gasteiger partial charge on any atom is -0.345 e. The third-order valence-corrected chi connectivity index (χ3v) is 4.03. The summed E-state index contributed by atoms with van der Waals surface area (Å²) in [5.41, 5.74) is 2.76. The van der Waals surface area contributed by atoms with E-state index in [-0.39, 0.29) is 0 Å². The third kappa shape index (κ3) is 2.71. The van der Waals surface area contributed by atoms with Crippen molar-refractivity contribution in [2.24, 2.45) is 5.92 Å². The maximum absolute atomic E-state index is 4.73. The van der Waals surface area contributed by atoms with Crippen LogP contribution in [0.3, 0.4) is 0 Å². The Morgan fingerprint density at radius 3 is 3.00 bits per heavy atom. The van der Waals surface area contributed by atoms with Crippen molar-refractivity contribution in [1.82, 2.24) is 15.3 Å². The molecule has 1 aromatic rings. The zero-order chi connectivity index (χ0) is 11.7. The molecule has 0 bridgehead atoms. The molecule has 0 radical (unpaired) electrons. The van der Waals surface area contributed by atoms with Gasteiger partial charge in [0.15, 0.2) is 0 Å². The van der Waals surface area contributed by atoms with Crippen molar-refractivity contribution in [2.45, 2.75) is 64.5 Å². The van der Waals surface area contributed by atoms with Gasteiger partial charge in [-0.05, 0) is 38.0 Å². The molecule has 0 amide bonds. The number of hydrogen-bond donors (Lipinski definition) is 2. The summed E-state index contributed by atoms with van der Waals surface area (Å²) in [5.74, 6) is 2.04. The minimum absolute atomic E-state index is 0.768. The number of hydrogen-bond acceptors (Lipinski definition) is 2. The maximum atomic E-state index is 4.73. The maximum Gasteiger partial charge on any atom is 0.120 e. The zero-order valence-corrected chi connectivity index (χ0v) is 10.8. The van der Waals surface area contributed by atoms with E-state index in [1.54, 1.807) is 0 Å². The van der Waals surface area contributed by atoms with E-state index in [1.165, 1.54) is 56.3 Å². The van der Waals surface area contributed by atoms with Crippen LogP contribution in [0.5, 0.6) is 0 Å². The van der Waals surface area contributed by atoms with E-state index < -0.39 is 0 Å². The highest BCUT2D eigenvalue weighted by molar-refractivity contribution is 5.18. The minimum atomic E-state index is 0.768. The number of H-pyrrole nitrogens is 1. The Kier molecular flexibility index (Phi) is 3.19. The van der Waals surface area contributed by atoms with E-state index in [2.05, 4.69) is 17.2 Å². The topological polar surface area (TPSA) is 40.7 Å². The van der Waals surface area contributed by atoms with Crippen molar-refractivity contribution in [3.63, 3.8) is 0 Å². The Labute approximate surface area is 103 Å². The summed E-state index contributed by atoms with van der Waals surface area (Å²) in [4.78, 5) is 8.26. The molecule has 3 heteroatoms. The lowest BCUT2D eigenvalue weighted by molar-refractivity contribution is 0.416. The highest BCUT2D eigenvalue weighted by Gasteiger charge is 2.23. The van der Waals surface area contributed by atoms with Gasteiger partial charge in [0, 0.05) is 11.7 Å². The van der Waals surface area contributed by atoms with Crippen molar-refractivity contribution in [2.75, 3.05) is 0 Å². The first-order valence-electron chi connectivity index (χ1n) is 7.15. The molecule has 1 unspecified atom stereocenters. The number of aromatic nitrogens is 2. The third-order valence-electron chi connectivity index (χ3n) is 4.03. The van der Waals surface area contributed by atoms with Crippen molar-refractivity contribution >= 4 is 0 Å². The van der Waals surface area contributed by atoms with Crippen LogP contribution >= 0.6 is 0 Å². The van der Waals surface area contributed by atoms with E-state index in [0.29, 0.717) is 0 Å². The van der Waals surface area contributed by atoms with Gasteiger partial charge in [0.1, 0.15) is 5.82 Å². The number of imidazole rings is 1.